The predicted octanol–water partition coefficient (Wildman–Crippen LogP) is 2.27. The summed E-state index contributed by atoms with van der Waals surface area (Å²) >= 11 is 0. The highest BCUT2D eigenvalue weighted by Crippen LogP contribution is 2.11. The van der Waals surface area contributed by atoms with Gasteiger partial charge in [0.1, 0.15) is 0 Å². The SMILES string of the molecule is CN(CCCCCNC(C)(C)C)C1CCOC1. The number of unbranched alkanes of at least 4 members (excludes halogenated alkanes) is 2. The third kappa shape index (κ3) is 7.02. The normalized spacial score (nSPS) is 21.4. The van der Waals surface area contributed by atoms with Crippen LogP contribution in [0.2, 0.25) is 0 Å². The van der Waals surface area contributed by atoms with Crippen molar-refractivity contribution < 1.29 is 4.74 Å². The first-order valence-corrected chi connectivity index (χ1v) is 7.02. The molecule has 1 aliphatic heterocycles. The number of hydrogen-bond acceptors (Lipinski definition) is 3. The lowest BCUT2D eigenvalue weighted by Gasteiger charge is -2.23. The highest BCUT2D eigenvalue weighted by atomic mass is 16.5. The molecule has 1 atom stereocenters. The van der Waals surface area contributed by atoms with Gasteiger partial charge < -0.3 is 15.0 Å². The summed E-state index contributed by atoms with van der Waals surface area (Å²) in [7, 11) is 2.23. The van der Waals surface area contributed by atoms with E-state index in [2.05, 4.69) is 38.0 Å². The Bertz CT molecular complexity index is 195. The van der Waals surface area contributed by atoms with Gasteiger partial charge in [-0.15, -0.1) is 0 Å². The van der Waals surface area contributed by atoms with Crippen molar-refractivity contribution in [2.24, 2.45) is 0 Å². The van der Waals surface area contributed by atoms with E-state index in [1.165, 1.54) is 32.2 Å². The zero-order valence-corrected chi connectivity index (χ0v) is 12.1. The maximum Gasteiger partial charge on any atom is 0.0622 e. The van der Waals surface area contributed by atoms with Gasteiger partial charge in [0, 0.05) is 18.2 Å². The average Bonchev–Trinajstić information content (AvgIpc) is 2.74. The van der Waals surface area contributed by atoms with Gasteiger partial charge in [-0.25, -0.2) is 0 Å². The maximum absolute atomic E-state index is 5.41. The van der Waals surface area contributed by atoms with Gasteiger partial charge in [0.25, 0.3) is 0 Å². The van der Waals surface area contributed by atoms with E-state index in [0.717, 1.165) is 19.8 Å². The summed E-state index contributed by atoms with van der Waals surface area (Å²) in [6, 6.07) is 0.669. The van der Waals surface area contributed by atoms with Crippen molar-refractivity contribution in [1.29, 1.82) is 0 Å². The smallest absolute Gasteiger partial charge is 0.0622 e. The van der Waals surface area contributed by atoms with E-state index in [1.54, 1.807) is 0 Å². The summed E-state index contributed by atoms with van der Waals surface area (Å²) in [5, 5.41) is 3.53. The number of nitrogens with one attached hydrogen (secondary N) is 1. The Hall–Kier alpha value is -0.120. The van der Waals surface area contributed by atoms with Crippen LogP contribution in [0.1, 0.15) is 46.5 Å². The van der Waals surface area contributed by atoms with Crippen LogP contribution in [-0.2, 0) is 4.74 Å². The minimum absolute atomic E-state index is 0.262. The summed E-state index contributed by atoms with van der Waals surface area (Å²) in [5.74, 6) is 0. The second-order valence-electron chi connectivity index (χ2n) is 6.24. The van der Waals surface area contributed by atoms with Gasteiger partial charge >= 0.3 is 0 Å². The summed E-state index contributed by atoms with van der Waals surface area (Å²) in [5.41, 5.74) is 0.262. The quantitative estimate of drug-likeness (QED) is 0.693. The molecule has 1 unspecified atom stereocenters. The fourth-order valence-corrected chi connectivity index (χ4v) is 2.18. The first-order chi connectivity index (χ1) is 7.99. The van der Waals surface area contributed by atoms with Crippen LogP contribution in [0.4, 0.5) is 0 Å². The van der Waals surface area contributed by atoms with Crippen LogP contribution in [0, 0.1) is 0 Å². The minimum Gasteiger partial charge on any atom is -0.380 e. The fourth-order valence-electron chi connectivity index (χ4n) is 2.18. The van der Waals surface area contributed by atoms with Crippen molar-refractivity contribution >= 4 is 0 Å². The van der Waals surface area contributed by atoms with Crippen LogP contribution in [0.5, 0.6) is 0 Å². The molecule has 3 heteroatoms. The molecular formula is C14H30N2O. The van der Waals surface area contributed by atoms with Gasteiger partial charge in [-0.3, -0.25) is 0 Å². The van der Waals surface area contributed by atoms with Crippen LogP contribution in [0.15, 0.2) is 0 Å². The molecule has 0 aliphatic carbocycles. The summed E-state index contributed by atoms with van der Waals surface area (Å²) in [6.07, 6.45) is 5.12. The van der Waals surface area contributed by atoms with Crippen LogP contribution < -0.4 is 5.32 Å². The van der Waals surface area contributed by atoms with Crippen LogP contribution in [0.3, 0.4) is 0 Å². The Morgan fingerprint density at radius 1 is 1.24 bits per heavy atom. The highest BCUT2D eigenvalue weighted by molar-refractivity contribution is 4.73. The second-order valence-corrected chi connectivity index (χ2v) is 6.24. The first-order valence-electron chi connectivity index (χ1n) is 7.02. The van der Waals surface area contributed by atoms with Gasteiger partial charge in [0.2, 0.25) is 0 Å². The standard InChI is InChI=1S/C14H30N2O/c1-14(2,3)15-9-6-5-7-10-16(4)13-8-11-17-12-13/h13,15H,5-12H2,1-4H3. The van der Waals surface area contributed by atoms with E-state index in [-0.39, 0.29) is 5.54 Å². The molecular weight excluding hydrogens is 212 g/mol. The van der Waals surface area contributed by atoms with Crippen LogP contribution >= 0.6 is 0 Å². The number of ether oxygens (including phenoxy) is 1. The zero-order valence-electron chi connectivity index (χ0n) is 12.1. The molecule has 102 valence electrons. The second kappa shape index (κ2) is 7.34. The van der Waals surface area contributed by atoms with Gasteiger partial charge in [-0.2, -0.15) is 0 Å². The van der Waals surface area contributed by atoms with Crippen molar-refractivity contribution in [2.75, 3.05) is 33.4 Å². The molecule has 0 radical (unpaired) electrons. The van der Waals surface area contributed by atoms with E-state index in [1.807, 2.05) is 0 Å². The Morgan fingerprint density at radius 2 is 2.00 bits per heavy atom. The van der Waals surface area contributed by atoms with Crippen LogP contribution in [0.25, 0.3) is 0 Å². The Morgan fingerprint density at radius 3 is 2.59 bits per heavy atom. The van der Waals surface area contributed by atoms with Crippen molar-refractivity contribution in [1.82, 2.24) is 10.2 Å². The first kappa shape index (κ1) is 14.9. The van der Waals surface area contributed by atoms with Crippen molar-refractivity contribution in [3.63, 3.8) is 0 Å². The summed E-state index contributed by atoms with van der Waals surface area (Å²) < 4.78 is 5.41. The lowest BCUT2D eigenvalue weighted by molar-refractivity contribution is 0.158. The molecule has 0 spiro atoms. The predicted molar refractivity (Wildman–Crippen MR) is 73.5 cm³/mol. The van der Waals surface area contributed by atoms with E-state index in [4.69, 9.17) is 4.74 Å². The Labute approximate surface area is 107 Å². The molecule has 1 N–H and O–H groups in total. The van der Waals surface area contributed by atoms with Crippen molar-refractivity contribution in [3.8, 4) is 0 Å². The Kier molecular flexibility index (Phi) is 6.45. The highest BCUT2D eigenvalue weighted by Gasteiger charge is 2.19. The lowest BCUT2D eigenvalue weighted by Crippen LogP contribution is -2.36. The molecule has 17 heavy (non-hydrogen) atoms. The fraction of sp³-hybridized carbons (Fsp3) is 1.00. The third-order valence-electron chi connectivity index (χ3n) is 3.37. The Balaban J connectivity index is 1.93. The van der Waals surface area contributed by atoms with Gasteiger partial charge in [-0.1, -0.05) is 6.42 Å². The molecule has 0 saturated carbocycles. The van der Waals surface area contributed by atoms with Gasteiger partial charge in [0.05, 0.1) is 6.61 Å². The van der Waals surface area contributed by atoms with E-state index < -0.39 is 0 Å². The number of hydrogen-bond donors (Lipinski definition) is 1. The monoisotopic (exact) mass is 242 g/mol. The largest absolute Gasteiger partial charge is 0.380 e. The summed E-state index contributed by atoms with van der Waals surface area (Å²) in [4.78, 5) is 2.46. The van der Waals surface area contributed by atoms with E-state index in [0.29, 0.717) is 6.04 Å². The molecule has 1 aliphatic rings. The molecule has 1 fully saturated rings. The van der Waals surface area contributed by atoms with Gasteiger partial charge in [-0.05, 0) is 60.2 Å². The molecule has 1 rings (SSSR count). The lowest BCUT2D eigenvalue weighted by atomic mass is 10.1. The number of nitrogens with zero attached hydrogens (tertiary/aromatic N) is 1. The molecule has 0 amide bonds. The topological polar surface area (TPSA) is 24.5 Å². The molecule has 1 saturated heterocycles. The molecule has 1 heterocycles. The van der Waals surface area contributed by atoms with Crippen LogP contribution in [-0.4, -0.2) is 49.8 Å². The zero-order chi connectivity index (χ0) is 12.7. The third-order valence-corrected chi connectivity index (χ3v) is 3.37. The van der Waals surface area contributed by atoms with Gasteiger partial charge in [0.15, 0.2) is 0 Å². The van der Waals surface area contributed by atoms with Crippen molar-refractivity contribution in [3.05, 3.63) is 0 Å². The van der Waals surface area contributed by atoms with Crippen molar-refractivity contribution in [2.45, 2.75) is 58.0 Å². The average molecular weight is 242 g/mol. The maximum atomic E-state index is 5.41. The van der Waals surface area contributed by atoms with E-state index >= 15 is 0 Å². The molecule has 3 nitrogen and oxygen atoms in total. The molecule has 0 aromatic heterocycles. The number of likely N-dealkylation sites (N-methyl/N-ethyl adjacent to an activating group) is 1. The molecule has 0 aromatic rings. The van der Waals surface area contributed by atoms with E-state index in [9.17, 15) is 0 Å². The molecule has 0 bridgehead atoms. The molecule has 0 aromatic carbocycles. The number of rotatable bonds is 7. The minimum atomic E-state index is 0.262. The summed E-state index contributed by atoms with van der Waals surface area (Å²) in [6.45, 7) is 10.9.